The topological polar surface area (TPSA) is 49.2 Å². The maximum Gasteiger partial charge on any atom is 0.145 e. The second kappa shape index (κ2) is 7.49. The number of hydrogen-bond donors (Lipinski definition) is 1. The lowest BCUT2D eigenvalue weighted by Crippen LogP contribution is -2.20. The van der Waals surface area contributed by atoms with E-state index in [-0.39, 0.29) is 6.61 Å². The molecule has 0 saturated carbocycles. The number of rotatable bonds is 7. The van der Waals surface area contributed by atoms with Crippen LogP contribution < -0.4 is 0 Å². The Bertz CT molecular complexity index is 614. The molecule has 0 atom stereocenters. The summed E-state index contributed by atoms with van der Waals surface area (Å²) in [7, 11) is 2.06. The minimum Gasteiger partial charge on any atom is -0.396 e. The Morgan fingerprint density at radius 2 is 1.95 bits per heavy atom. The normalized spacial score (nSPS) is 11.7. The molecule has 2 aromatic rings. The molecule has 0 aromatic carbocycles. The Morgan fingerprint density at radius 1 is 1.19 bits per heavy atom. The number of aryl methyl sites for hydroxylation is 2. The summed E-state index contributed by atoms with van der Waals surface area (Å²) >= 11 is 8.00. The third-order valence-corrected chi connectivity index (χ3v) is 5.01. The molecular weight excluding hydrogens is 306 g/mol. The van der Waals surface area contributed by atoms with Crippen molar-refractivity contribution in [1.82, 2.24) is 14.9 Å². The van der Waals surface area contributed by atoms with Gasteiger partial charge in [0.15, 0.2) is 0 Å². The van der Waals surface area contributed by atoms with Crippen LogP contribution in [0, 0.1) is 13.8 Å². The summed E-state index contributed by atoms with van der Waals surface area (Å²) in [6.07, 6.45) is 2.99. The number of unbranched alkanes of at least 4 members (excludes halogenated alkanes) is 2. The maximum absolute atomic E-state index is 8.78. The summed E-state index contributed by atoms with van der Waals surface area (Å²) in [5, 5.41) is 10.3. The molecule has 21 heavy (non-hydrogen) atoms. The molecule has 0 aliphatic heterocycles. The van der Waals surface area contributed by atoms with Gasteiger partial charge in [-0.05, 0) is 52.3 Å². The third kappa shape index (κ3) is 4.13. The highest BCUT2D eigenvalue weighted by Gasteiger charge is 2.13. The van der Waals surface area contributed by atoms with Crippen LogP contribution in [0.3, 0.4) is 0 Å². The molecule has 0 aliphatic rings. The molecule has 0 radical (unpaired) electrons. The van der Waals surface area contributed by atoms with Crippen LogP contribution in [0.15, 0.2) is 0 Å². The Labute approximate surface area is 134 Å². The van der Waals surface area contributed by atoms with Crippen LogP contribution in [0.4, 0.5) is 0 Å². The van der Waals surface area contributed by atoms with Crippen molar-refractivity contribution in [3.8, 4) is 0 Å². The van der Waals surface area contributed by atoms with E-state index in [4.69, 9.17) is 16.7 Å². The fraction of sp³-hybridized carbons (Fsp3) is 0.600. The van der Waals surface area contributed by atoms with Gasteiger partial charge < -0.3 is 5.11 Å². The fourth-order valence-electron chi connectivity index (χ4n) is 2.30. The molecule has 1 N–H and O–H groups in total. The number of halogens is 1. The van der Waals surface area contributed by atoms with Crippen molar-refractivity contribution in [2.24, 2.45) is 0 Å². The van der Waals surface area contributed by atoms with E-state index in [2.05, 4.69) is 35.8 Å². The Kier molecular flexibility index (Phi) is 5.93. The first-order valence-electron chi connectivity index (χ1n) is 7.24. The van der Waals surface area contributed by atoms with E-state index in [0.717, 1.165) is 41.8 Å². The predicted molar refractivity (Wildman–Crippen MR) is 89.2 cm³/mol. The molecule has 0 unspecified atom stereocenters. The Hall–Kier alpha value is -0.750. The molecule has 116 valence electrons. The molecule has 2 aromatic heterocycles. The molecule has 4 nitrogen and oxygen atoms in total. The van der Waals surface area contributed by atoms with Crippen LogP contribution in [0.2, 0.25) is 5.15 Å². The van der Waals surface area contributed by atoms with Gasteiger partial charge in [0.05, 0.1) is 11.9 Å². The maximum atomic E-state index is 8.78. The minimum absolute atomic E-state index is 0.274. The van der Waals surface area contributed by atoms with Gasteiger partial charge in [-0.1, -0.05) is 11.6 Å². The highest BCUT2D eigenvalue weighted by molar-refractivity contribution is 7.18. The van der Waals surface area contributed by atoms with Crippen molar-refractivity contribution in [2.75, 3.05) is 20.2 Å². The first-order valence-corrected chi connectivity index (χ1v) is 8.44. The fourth-order valence-corrected chi connectivity index (χ4v) is 3.74. The molecule has 2 heterocycles. The zero-order valence-electron chi connectivity index (χ0n) is 12.8. The van der Waals surface area contributed by atoms with Gasteiger partial charge in [0.25, 0.3) is 0 Å². The third-order valence-electron chi connectivity index (χ3n) is 3.64. The highest BCUT2D eigenvalue weighted by Crippen LogP contribution is 2.32. The highest BCUT2D eigenvalue weighted by atomic mass is 35.5. The van der Waals surface area contributed by atoms with E-state index in [1.165, 1.54) is 10.4 Å². The minimum atomic E-state index is 0.274. The summed E-state index contributed by atoms with van der Waals surface area (Å²) in [5.41, 5.74) is 1.18. The molecular formula is C15H22ClN3OS. The van der Waals surface area contributed by atoms with Crippen molar-refractivity contribution in [2.45, 2.75) is 39.7 Å². The van der Waals surface area contributed by atoms with E-state index < -0.39 is 0 Å². The Balaban J connectivity index is 2.05. The molecule has 0 spiro atoms. The molecule has 0 amide bonds. The molecule has 2 rings (SSSR count). The van der Waals surface area contributed by atoms with Crippen LogP contribution in [0.1, 0.15) is 35.5 Å². The summed E-state index contributed by atoms with van der Waals surface area (Å²) < 4.78 is 0. The van der Waals surface area contributed by atoms with Gasteiger partial charge in [-0.2, -0.15) is 0 Å². The van der Waals surface area contributed by atoms with Crippen molar-refractivity contribution >= 4 is 33.2 Å². The van der Waals surface area contributed by atoms with Crippen molar-refractivity contribution in [1.29, 1.82) is 0 Å². The van der Waals surface area contributed by atoms with Crippen molar-refractivity contribution < 1.29 is 5.11 Å². The van der Waals surface area contributed by atoms with Crippen LogP contribution in [-0.4, -0.2) is 40.2 Å². The second-order valence-corrected chi connectivity index (χ2v) is 6.98. The van der Waals surface area contributed by atoms with Crippen molar-refractivity contribution in [3.05, 3.63) is 21.4 Å². The summed E-state index contributed by atoms with van der Waals surface area (Å²) in [4.78, 5) is 13.5. The Morgan fingerprint density at radius 3 is 2.67 bits per heavy atom. The van der Waals surface area contributed by atoms with Gasteiger partial charge in [0, 0.05) is 11.5 Å². The smallest absolute Gasteiger partial charge is 0.145 e. The number of fused-ring (bicyclic) bond motifs is 1. The monoisotopic (exact) mass is 327 g/mol. The molecule has 0 fully saturated rings. The van der Waals surface area contributed by atoms with Crippen LogP contribution in [0.25, 0.3) is 10.2 Å². The number of hydrogen-bond acceptors (Lipinski definition) is 5. The first kappa shape index (κ1) is 16.6. The summed E-state index contributed by atoms with van der Waals surface area (Å²) in [6, 6.07) is 0. The SMILES string of the molecule is Cc1sc2nc(CN(C)CCCCCO)nc(Cl)c2c1C. The van der Waals surface area contributed by atoms with Gasteiger partial charge in [0.1, 0.15) is 15.8 Å². The number of nitrogens with zero attached hydrogens (tertiary/aromatic N) is 3. The van der Waals surface area contributed by atoms with Gasteiger partial charge >= 0.3 is 0 Å². The summed E-state index contributed by atoms with van der Waals surface area (Å²) in [5.74, 6) is 0.776. The first-order chi connectivity index (χ1) is 10.0. The van der Waals surface area contributed by atoms with Gasteiger partial charge in [-0.3, -0.25) is 4.90 Å². The molecule has 0 saturated heterocycles. The lowest BCUT2D eigenvalue weighted by atomic mass is 10.2. The summed E-state index contributed by atoms with van der Waals surface area (Å²) in [6.45, 7) is 6.10. The van der Waals surface area contributed by atoms with Crippen LogP contribution in [-0.2, 0) is 6.54 Å². The van der Waals surface area contributed by atoms with Crippen molar-refractivity contribution in [3.63, 3.8) is 0 Å². The van der Waals surface area contributed by atoms with Crippen LogP contribution in [0.5, 0.6) is 0 Å². The molecule has 0 bridgehead atoms. The number of thiophene rings is 1. The average molecular weight is 328 g/mol. The number of aliphatic hydroxyl groups is 1. The van der Waals surface area contributed by atoms with E-state index in [9.17, 15) is 0 Å². The van der Waals surface area contributed by atoms with Crippen LogP contribution >= 0.6 is 22.9 Å². The van der Waals surface area contributed by atoms with E-state index in [0.29, 0.717) is 11.7 Å². The quantitative estimate of drug-likeness (QED) is 0.624. The van der Waals surface area contributed by atoms with E-state index in [1.807, 2.05) is 0 Å². The predicted octanol–water partition coefficient (Wildman–Crippen LogP) is 3.56. The average Bonchev–Trinajstić information content (AvgIpc) is 2.70. The van der Waals surface area contributed by atoms with E-state index in [1.54, 1.807) is 11.3 Å². The zero-order valence-corrected chi connectivity index (χ0v) is 14.4. The number of aromatic nitrogens is 2. The lowest BCUT2D eigenvalue weighted by molar-refractivity contribution is 0.269. The van der Waals surface area contributed by atoms with Gasteiger partial charge in [-0.25, -0.2) is 9.97 Å². The molecule has 0 aliphatic carbocycles. The number of aliphatic hydroxyl groups excluding tert-OH is 1. The molecule has 6 heteroatoms. The van der Waals surface area contributed by atoms with E-state index >= 15 is 0 Å². The van der Waals surface area contributed by atoms with Gasteiger partial charge in [-0.15, -0.1) is 11.3 Å². The zero-order chi connectivity index (χ0) is 15.4. The standard InChI is InChI=1S/C15H22ClN3OS/c1-10-11(2)21-15-13(10)14(16)17-12(18-15)9-19(3)7-5-4-6-8-20/h20H,4-9H2,1-3H3. The second-order valence-electron chi connectivity index (χ2n) is 5.42. The lowest BCUT2D eigenvalue weighted by Gasteiger charge is -2.15. The van der Waals surface area contributed by atoms with Gasteiger partial charge in [0.2, 0.25) is 0 Å². The largest absolute Gasteiger partial charge is 0.396 e.